The summed E-state index contributed by atoms with van der Waals surface area (Å²) < 4.78 is 29.1. The van der Waals surface area contributed by atoms with E-state index in [2.05, 4.69) is 10.6 Å². The highest BCUT2D eigenvalue weighted by atomic mass is 16.7. The Morgan fingerprint density at radius 3 is 2.20 bits per heavy atom. The molecule has 0 aromatic heterocycles. The maximum absolute atomic E-state index is 12.7. The van der Waals surface area contributed by atoms with Crippen LogP contribution in [0.4, 0.5) is 0 Å². The van der Waals surface area contributed by atoms with Gasteiger partial charge in [0.2, 0.25) is 11.8 Å². The van der Waals surface area contributed by atoms with Crippen molar-refractivity contribution < 1.29 is 69.0 Å². The average molecular weight is 639 g/mol. The van der Waals surface area contributed by atoms with E-state index in [4.69, 9.17) is 23.7 Å². The van der Waals surface area contributed by atoms with E-state index in [1.165, 1.54) is 6.92 Å². The van der Waals surface area contributed by atoms with Crippen molar-refractivity contribution in [1.29, 1.82) is 0 Å². The third-order valence-corrected chi connectivity index (χ3v) is 8.55. The van der Waals surface area contributed by atoms with Gasteiger partial charge in [0.05, 0.1) is 56.7 Å². The SMILES string of the molecule is CC(=O)NCCCCCC(=O)N[C@H]1C(CO)O[C@@H](C)C(O[C@@H]2OC(C)[C@H](O[C@@H]3OCCC(O)(CO)C3O)C(O)C2CO)C1O. The molecule has 0 bridgehead atoms. The predicted octanol–water partition coefficient (Wildman–Crippen LogP) is -3.38. The van der Waals surface area contributed by atoms with Crippen molar-refractivity contribution in [2.24, 2.45) is 5.92 Å². The minimum absolute atomic E-state index is 0.0192. The Balaban J connectivity index is 1.62. The molecule has 2 amide bonds. The summed E-state index contributed by atoms with van der Waals surface area (Å²) in [7, 11) is 0. The van der Waals surface area contributed by atoms with Gasteiger partial charge in [-0.3, -0.25) is 9.59 Å². The normalized spacial score (nSPS) is 41.2. The quantitative estimate of drug-likeness (QED) is 0.0843. The first-order valence-corrected chi connectivity index (χ1v) is 15.2. The zero-order chi connectivity index (χ0) is 32.6. The van der Waals surface area contributed by atoms with Gasteiger partial charge in [-0.2, -0.15) is 0 Å². The van der Waals surface area contributed by atoms with Crippen LogP contribution in [0, 0.1) is 5.92 Å². The summed E-state index contributed by atoms with van der Waals surface area (Å²) >= 11 is 0. The number of carbonyl (C=O) groups is 2. The molecule has 0 aliphatic carbocycles. The van der Waals surface area contributed by atoms with Crippen LogP contribution in [0.25, 0.3) is 0 Å². The maximum atomic E-state index is 12.7. The van der Waals surface area contributed by atoms with Crippen molar-refractivity contribution in [3.8, 4) is 0 Å². The van der Waals surface area contributed by atoms with Crippen LogP contribution in [0.15, 0.2) is 0 Å². The molecule has 8 unspecified atom stereocenters. The highest BCUT2D eigenvalue weighted by Crippen LogP contribution is 2.35. The molecule has 3 heterocycles. The lowest BCUT2D eigenvalue weighted by Crippen LogP contribution is -2.66. The van der Waals surface area contributed by atoms with E-state index in [0.29, 0.717) is 25.8 Å². The van der Waals surface area contributed by atoms with E-state index in [0.717, 1.165) is 0 Å². The van der Waals surface area contributed by atoms with Crippen LogP contribution < -0.4 is 10.6 Å². The van der Waals surface area contributed by atoms with Gasteiger partial charge in [-0.15, -0.1) is 0 Å². The fourth-order valence-electron chi connectivity index (χ4n) is 5.81. The Hall–Kier alpha value is -1.54. The van der Waals surface area contributed by atoms with Gasteiger partial charge in [-0.05, 0) is 26.7 Å². The molecule has 44 heavy (non-hydrogen) atoms. The van der Waals surface area contributed by atoms with Gasteiger partial charge in [0.1, 0.15) is 36.1 Å². The van der Waals surface area contributed by atoms with E-state index in [1.54, 1.807) is 13.8 Å². The summed E-state index contributed by atoms with van der Waals surface area (Å²) in [6.45, 7) is 3.26. The highest BCUT2D eigenvalue weighted by Gasteiger charge is 2.52. The highest BCUT2D eigenvalue weighted by molar-refractivity contribution is 5.76. The minimum atomic E-state index is -1.85. The van der Waals surface area contributed by atoms with Gasteiger partial charge in [-0.25, -0.2) is 0 Å². The molecule has 0 radical (unpaired) electrons. The van der Waals surface area contributed by atoms with E-state index in [1.807, 2.05) is 0 Å². The Kier molecular flexibility index (Phi) is 14.1. The summed E-state index contributed by atoms with van der Waals surface area (Å²) in [5.41, 5.74) is -1.85. The van der Waals surface area contributed by atoms with E-state index >= 15 is 0 Å². The van der Waals surface area contributed by atoms with Gasteiger partial charge in [0.25, 0.3) is 0 Å². The van der Waals surface area contributed by atoms with Crippen LogP contribution >= 0.6 is 0 Å². The van der Waals surface area contributed by atoms with Gasteiger partial charge in [0, 0.05) is 26.3 Å². The molecule has 3 saturated heterocycles. The van der Waals surface area contributed by atoms with E-state index in [-0.39, 0.29) is 31.3 Å². The molecule has 256 valence electrons. The number of unbranched alkanes of at least 4 members (excludes halogenated alkanes) is 2. The number of hydrogen-bond acceptors (Lipinski definition) is 14. The number of aliphatic hydroxyl groups is 7. The number of ether oxygens (including phenoxy) is 5. The maximum Gasteiger partial charge on any atom is 0.220 e. The molecule has 0 aromatic rings. The Labute approximate surface area is 256 Å². The molecule has 0 aromatic carbocycles. The third kappa shape index (κ3) is 9.04. The fourth-order valence-corrected chi connectivity index (χ4v) is 5.81. The summed E-state index contributed by atoms with van der Waals surface area (Å²) in [6.07, 6.45) is -9.78. The van der Waals surface area contributed by atoms with Crippen LogP contribution in [0.3, 0.4) is 0 Å². The molecule has 3 aliphatic rings. The smallest absolute Gasteiger partial charge is 0.220 e. The van der Waals surface area contributed by atoms with Crippen molar-refractivity contribution in [2.75, 3.05) is 33.0 Å². The second-order valence-electron chi connectivity index (χ2n) is 11.9. The fraction of sp³-hybridized carbons (Fsp3) is 0.929. The molecular formula is C28H50N2O14. The molecule has 9 N–H and O–H groups in total. The number of carbonyl (C=O) groups excluding carboxylic acids is 2. The molecule has 16 nitrogen and oxygen atoms in total. The molecule has 3 aliphatic heterocycles. The first kappa shape index (κ1) is 36.9. The largest absolute Gasteiger partial charge is 0.396 e. The first-order chi connectivity index (χ1) is 20.9. The third-order valence-electron chi connectivity index (χ3n) is 8.55. The zero-order valence-electron chi connectivity index (χ0n) is 25.5. The van der Waals surface area contributed by atoms with E-state index in [9.17, 15) is 45.3 Å². The van der Waals surface area contributed by atoms with Gasteiger partial charge in [0.15, 0.2) is 12.6 Å². The number of hydrogen-bond donors (Lipinski definition) is 9. The number of amides is 2. The van der Waals surface area contributed by atoms with Crippen molar-refractivity contribution in [1.82, 2.24) is 10.6 Å². The predicted molar refractivity (Wildman–Crippen MR) is 150 cm³/mol. The summed E-state index contributed by atoms with van der Waals surface area (Å²) in [5.74, 6) is -1.58. The first-order valence-electron chi connectivity index (χ1n) is 15.2. The number of rotatable bonds is 14. The number of nitrogens with one attached hydrogen (secondary N) is 2. The van der Waals surface area contributed by atoms with Crippen LogP contribution in [0.2, 0.25) is 0 Å². The van der Waals surface area contributed by atoms with Crippen LogP contribution in [0.5, 0.6) is 0 Å². The van der Waals surface area contributed by atoms with Crippen LogP contribution in [-0.2, 0) is 33.3 Å². The van der Waals surface area contributed by atoms with Gasteiger partial charge in [-0.1, -0.05) is 6.42 Å². The lowest BCUT2D eigenvalue weighted by molar-refractivity contribution is -0.355. The van der Waals surface area contributed by atoms with Crippen molar-refractivity contribution in [2.45, 2.75) is 126 Å². The van der Waals surface area contributed by atoms with Crippen molar-refractivity contribution >= 4 is 11.8 Å². The summed E-state index contributed by atoms with van der Waals surface area (Å²) in [4.78, 5) is 23.6. The van der Waals surface area contributed by atoms with Crippen LogP contribution in [-0.4, -0.2) is 154 Å². The Morgan fingerprint density at radius 1 is 0.909 bits per heavy atom. The molecular weight excluding hydrogens is 588 g/mol. The summed E-state index contributed by atoms with van der Waals surface area (Å²) in [5, 5.41) is 78.4. The summed E-state index contributed by atoms with van der Waals surface area (Å²) in [6, 6.07) is -1.03. The molecule has 3 fully saturated rings. The zero-order valence-corrected chi connectivity index (χ0v) is 25.5. The second-order valence-corrected chi connectivity index (χ2v) is 11.9. The monoisotopic (exact) mass is 638 g/mol. The second kappa shape index (κ2) is 16.9. The Bertz CT molecular complexity index is 916. The minimum Gasteiger partial charge on any atom is -0.396 e. The van der Waals surface area contributed by atoms with Gasteiger partial charge < -0.3 is 70.1 Å². The Morgan fingerprint density at radius 2 is 1.57 bits per heavy atom. The number of aliphatic hydroxyl groups excluding tert-OH is 6. The lowest BCUT2D eigenvalue weighted by atomic mass is 9.89. The molecule has 13 atom stereocenters. The molecule has 0 saturated carbocycles. The molecule has 16 heteroatoms. The van der Waals surface area contributed by atoms with Crippen molar-refractivity contribution in [3.63, 3.8) is 0 Å². The topological polar surface area (TPSA) is 246 Å². The van der Waals surface area contributed by atoms with Crippen molar-refractivity contribution in [3.05, 3.63) is 0 Å². The lowest BCUT2D eigenvalue weighted by Gasteiger charge is -2.49. The van der Waals surface area contributed by atoms with E-state index < -0.39 is 98.8 Å². The average Bonchev–Trinajstić information content (AvgIpc) is 2.98. The molecule has 3 rings (SSSR count). The standard InChI is InChI=1S/C28H50N2O14/c1-14-24(22(37)20(18(12-32)41-14)30-19(35)7-5-4-6-9-29-16(3)34)43-26-17(11-31)21(36)23(15(2)42-26)44-27-25(38)28(39,13-33)8-10-40-27/h14-15,17-18,20-27,31-33,36-39H,4-13H2,1-3H3,(H,29,34)(H,30,35)/t14-,15?,17?,18?,20-,21?,22?,23-,24?,25?,26-,27-,28?/m0/s1. The van der Waals surface area contributed by atoms with Crippen LogP contribution in [0.1, 0.15) is 52.9 Å². The van der Waals surface area contributed by atoms with Gasteiger partial charge >= 0.3 is 0 Å². The molecule has 0 spiro atoms.